The molecule has 1 amide bonds. The maximum atomic E-state index is 12.4. The highest BCUT2D eigenvalue weighted by Crippen LogP contribution is 2.25. The second-order valence-electron chi connectivity index (χ2n) is 6.23. The average Bonchev–Trinajstić information content (AvgIpc) is 3.31. The number of hydrogen-bond donors (Lipinski definition) is 1. The second-order valence-corrected chi connectivity index (χ2v) is 6.67. The Morgan fingerprint density at radius 3 is 2.64 bits per heavy atom. The Balaban J connectivity index is 1.56. The van der Waals surface area contributed by atoms with Gasteiger partial charge in [0.05, 0.1) is 12.3 Å². The van der Waals surface area contributed by atoms with E-state index in [0.29, 0.717) is 17.3 Å². The van der Waals surface area contributed by atoms with Crippen molar-refractivity contribution in [3.05, 3.63) is 53.4 Å². The van der Waals surface area contributed by atoms with Crippen molar-refractivity contribution in [3.63, 3.8) is 0 Å². The van der Waals surface area contributed by atoms with E-state index in [-0.39, 0.29) is 11.9 Å². The van der Waals surface area contributed by atoms with E-state index in [1.54, 1.807) is 37.5 Å². The molecule has 0 aliphatic carbocycles. The van der Waals surface area contributed by atoms with Crippen LogP contribution in [0.4, 0.5) is 0 Å². The molecule has 134 valence electrons. The summed E-state index contributed by atoms with van der Waals surface area (Å²) in [7, 11) is 0. The highest BCUT2D eigenvalue weighted by Gasteiger charge is 2.26. The molecule has 1 aromatic carbocycles. The van der Waals surface area contributed by atoms with Gasteiger partial charge in [0.25, 0.3) is 5.91 Å². The lowest BCUT2D eigenvalue weighted by Crippen LogP contribution is -2.41. The summed E-state index contributed by atoms with van der Waals surface area (Å²) in [6.45, 7) is 4.29. The van der Waals surface area contributed by atoms with Gasteiger partial charge in [-0.05, 0) is 69.3 Å². The lowest BCUT2D eigenvalue weighted by Gasteiger charge is -2.26. The van der Waals surface area contributed by atoms with Crippen molar-refractivity contribution in [3.8, 4) is 5.75 Å². The minimum atomic E-state index is -0.586. The van der Waals surface area contributed by atoms with Gasteiger partial charge in [-0.2, -0.15) is 0 Å². The standard InChI is InChI=1S/C19H23ClN2O3/c1-14(25-16-8-6-15(20)7-9-16)19(23)21-13-17(18-5-4-12-24-18)22-10-2-3-11-22/h4-9,12,14,17H,2-3,10-11,13H2,1H3,(H,21,23). The van der Waals surface area contributed by atoms with Crippen molar-refractivity contribution >= 4 is 17.5 Å². The maximum absolute atomic E-state index is 12.4. The average molecular weight is 363 g/mol. The van der Waals surface area contributed by atoms with Gasteiger partial charge >= 0.3 is 0 Å². The summed E-state index contributed by atoms with van der Waals surface area (Å²) in [4.78, 5) is 14.7. The van der Waals surface area contributed by atoms with Crippen molar-refractivity contribution in [1.82, 2.24) is 10.2 Å². The van der Waals surface area contributed by atoms with Crippen LogP contribution in [0.2, 0.25) is 5.02 Å². The topological polar surface area (TPSA) is 54.7 Å². The first-order chi connectivity index (χ1) is 12.1. The molecule has 2 atom stereocenters. The predicted octanol–water partition coefficient (Wildman–Crippen LogP) is 3.65. The Kier molecular flexibility index (Phi) is 6.00. The van der Waals surface area contributed by atoms with E-state index < -0.39 is 6.10 Å². The molecule has 1 aliphatic heterocycles. The zero-order valence-corrected chi connectivity index (χ0v) is 15.0. The molecule has 1 fully saturated rings. The lowest BCUT2D eigenvalue weighted by molar-refractivity contribution is -0.127. The van der Waals surface area contributed by atoms with Crippen LogP contribution in [0.1, 0.15) is 31.6 Å². The summed E-state index contributed by atoms with van der Waals surface area (Å²) < 4.78 is 11.2. The quantitative estimate of drug-likeness (QED) is 0.816. The molecule has 2 unspecified atom stereocenters. The zero-order chi connectivity index (χ0) is 17.6. The van der Waals surface area contributed by atoms with Crippen LogP contribution >= 0.6 is 11.6 Å². The first-order valence-electron chi connectivity index (χ1n) is 8.61. The van der Waals surface area contributed by atoms with Gasteiger partial charge < -0.3 is 14.5 Å². The van der Waals surface area contributed by atoms with Crippen LogP contribution in [0.3, 0.4) is 0 Å². The molecule has 5 nitrogen and oxygen atoms in total. The van der Waals surface area contributed by atoms with E-state index in [9.17, 15) is 4.79 Å². The van der Waals surface area contributed by atoms with E-state index in [2.05, 4.69) is 10.2 Å². The molecule has 6 heteroatoms. The number of nitrogens with one attached hydrogen (secondary N) is 1. The summed E-state index contributed by atoms with van der Waals surface area (Å²) in [6.07, 6.45) is 3.45. The lowest BCUT2D eigenvalue weighted by atomic mass is 10.2. The number of likely N-dealkylation sites (tertiary alicyclic amines) is 1. The van der Waals surface area contributed by atoms with Crippen molar-refractivity contribution in [2.45, 2.75) is 31.9 Å². The number of ether oxygens (including phenoxy) is 1. The largest absolute Gasteiger partial charge is 0.481 e. The smallest absolute Gasteiger partial charge is 0.260 e. The Bertz CT molecular complexity index is 666. The van der Waals surface area contributed by atoms with Crippen LogP contribution in [0, 0.1) is 0 Å². The molecule has 1 N–H and O–H groups in total. The van der Waals surface area contributed by atoms with Crippen molar-refractivity contribution < 1.29 is 13.9 Å². The van der Waals surface area contributed by atoms with E-state index >= 15 is 0 Å². The zero-order valence-electron chi connectivity index (χ0n) is 14.3. The molecule has 1 aromatic heterocycles. The van der Waals surface area contributed by atoms with Crippen molar-refractivity contribution in [2.75, 3.05) is 19.6 Å². The van der Waals surface area contributed by atoms with Crippen LogP contribution in [-0.4, -0.2) is 36.5 Å². The molecule has 0 spiro atoms. The first-order valence-corrected chi connectivity index (χ1v) is 8.98. The van der Waals surface area contributed by atoms with Crippen molar-refractivity contribution in [1.29, 1.82) is 0 Å². The molecule has 0 bridgehead atoms. The van der Waals surface area contributed by atoms with Crippen LogP contribution in [0.25, 0.3) is 0 Å². The molecule has 2 heterocycles. The highest BCUT2D eigenvalue weighted by atomic mass is 35.5. The molecule has 0 saturated carbocycles. The Morgan fingerprint density at radius 2 is 2.00 bits per heavy atom. The number of hydrogen-bond acceptors (Lipinski definition) is 4. The number of carbonyl (C=O) groups is 1. The summed E-state index contributed by atoms with van der Waals surface area (Å²) in [5.41, 5.74) is 0. The monoisotopic (exact) mass is 362 g/mol. The third kappa shape index (κ3) is 4.77. The summed E-state index contributed by atoms with van der Waals surface area (Å²) >= 11 is 5.86. The molecular weight excluding hydrogens is 340 g/mol. The van der Waals surface area contributed by atoms with E-state index in [1.807, 2.05) is 12.1 Å². The van der Waals surface area contributed by atoms with Crippen molar-refractivity contribution in [2.24, 2.45) is 0 Å². The fraction of sp³-hybridized carbons (Fsp3) is 0.421. The molecule has 3 rings (SSSR count). The highest BCUT2D eigenvalue weighted by molar-refractivity contribution is 6.30. The van der Waals surface area contributed by atoms with Gasteiger partial charge in [0.15, 0.2) is 6.10 Å². The van der Waals surface area contributed by atoms with Gasteiger partial charge in [0.1, 0.15) is 11.5 Å². The van der Waals surface area contributed by atoms with E-state index in [4.69, 9.17) is 20.8 Å². The van der Waals surface area contributed by atoms with Crippen LogP contribution in [0.5, 0.6) is 5.75 Å². The number of halogens is 1. The number of benzene rings is 1. The number of carbonyl (C=O) groups excluding carboxylic acids is 1. The van der Waals surface area contributed by atoms with Gasteiger partial charge in [-0.15, -0.1) is 0 Å². The minimum absolute atomic E-state index is 0.0594. The van der Waals surface area contributed by atoms with Crippen LogP contribution in [0.15, 0.2) is 47.1 Å². The fourth-order valence-electron chi connectivity index (χ4n) is 3.06. The summed E-state index contributed by atoms with van der Waals surface area (Å²) in [5, 5.41) is 3.62. The van der Waals surface area contributed by atoms with Crippen LogP contribution in [-0.2, 0) is 4.79 Å². The van der Waals surface area contributed by atoms with E-state index in [0.717, 1.165) is 18.8 Å². The minimum Gasteiger partial charge on any atom is -0.481 e. The van der Waals surface area contributed by atoms with Gasteiger partial charge in [0.2, 0.25) is 0 Å². The molecule has 2 aromatic rings. The fourth-order valence-corrected chi connectivity index (χ4v) is 3.18. The third-order valence-corrected chi connectivity index (χ3v) is 4.67. The van der Waals surface area contributed by atoms with Gasteiger partial charge in [-0.1, -0.05) is 11.6 Å². The third-order valence-electron chi connectivity index (χ3n) is 4.42. The SMILES string of the molecule is CC(Oc1ccc(Cl)cc1)C(=O)NCC(c1ccco1)N1CCCC1. The first kappa shape index (κ1) is 17.8. The number of furan rings is 1. The molecule has 25 heavy (non-hydrogen) atoms. The van der Waals surface area contributed by atoms with Gasteiger partial charge in [-0.25, -0.2) is 0 Å². The molecule has 1 saturated heterocycles. The van der Waals surface area contributed by atoms with Crippen LogP contribution < -0.4 is 10.1 Å². The van der Waals surface area contributed by atoms with Gasteiger partial charge in [-0.3, -0.25) is 9.69 Å². The Labute approximate surface area is 152 Å². The molecule has 0 radical (unpaired) electrons. The summed E-state index contributed by atoms with van der Waals surface area (Å²) in [6, 6.07) is 10.9. The number of rotatable bonds is 7. The normalized spacial score (nSPS) is 17.2. The molecular formula is C19H23ClN2O3. The number of amides is 1. The predicted molar refractivity (Wildman–Crippen MR) is 96.8 cm³/mol. The molecule has 1 aliphatic rings. The summed E-state index contributed by atoms with van der Waals surface area (Å²) in [5.74, 6) is 1.35. The number of nitrogens with zero attached hydrogens (tertiary/aromatic N) is 1. The van der Waals surface area contributed by atoms with E-state index in [1.165, 1.54) is 12.8 Å². The second kappa shape index (κ2) is 8.41. The Hall–Kier alpha value is -1.98. The maximum Gasteiger partial charge on any atom is 0.260 e. The Morgan fingerprint density at radius 1 is 1.28 bits per heavy atom. The van der Waals surface area contributed by atoms with Gasteiger partial charge in [0, 0.05) is 11.6 Å².